The number of hydrogen-bond donors (Lipinski definition) is 0. The lowest BCUT2D eigenvalue weighted by molar-refractivity contribution is -0.133. The molecule has 1 unspecified atom stereocenters. The summed E-state index contributed by atoms with van der Waals surface area (Å²) in [6.45, 7) is 2.75. The summed E-state index contributed by atoms with van der Waals surface area (Å²) in [5.74, 6) is 0.745. The lowest BCUT2D eigenvalue weighted by Crippen LogP contribution is -2.38. The molecule has 1 fully saturated rings. The third kappa shape index (κ3) is 3.05. The highest BCUT2D eigenvalue weighted by Gasteiger charge is 2.35. The van der Waals surface area contributed by atoms with E-state index in [0.717, 1.165) is 24.8 Å². The van der Waals surface area contributed by atoms with E-state index in [1.54, 1.807) is 0 Å². The molecule has 0 N–H and O–H groups in total. The zero-order chi connectivity index (χ0) is 13.0. The number of halogens is 1. The smallest absolute Gasteiger partial charge is 0.230 e. The van der Waals surface area contributed by atoms with Crippen molar-refractivity contribution >= 4 is 17.5 Å². The van der Waals surface area contributed by atoms with Crippen molar-refractivity contribution in [3.63, 3.8) is 0 Å². The lowest BCUT2D eigenvalue weighted by Gasteiger charge is -2.26. The van der Waals surface area contributed by atoms with Crippen LogP contribution in [0.5, 0.6) is 0 Å². The van der Waals surface area contributed by atoms with E-state index < -0.39 is 0 Å². The maximum atomic E-state index is 12.6. The molecule has 18 heavy (non-hydrogen) atoms. The van der Waals surface area contributed by atoms with Gasteiger partial charge in [0.2, 0.25) is 5.91 Å². The fraction of sp³-hybridized carbons (Fsp3) is 0.533. The summed E-state index contributed by atoms with van der Waals surface area (Å²) in [6, 6.07) is 10.5. The first-order valence-corrected chi connectivity index (χ1v) is 7.22. The van der Waals surface area contributed by atoms with Crippen LogP contribution < -0.4 is 0 Å². The van der Waals surface area contributed by atoms with Crippen LogP contribution in [0.25, 0.3) is 0 Å². The zero-order valence-corrected chi connectivity index (χ0v) is 11.6. The SMILES string of the molecule is CCC(C(=O)N(CCCl)C1CC1)c1ccccc1. The van der Waals surface area contributed by atoms with Gasteiger partial charge in [0.25, 0.3) is 0 Å². The van der Waals surface area contributed by atoms with Crippen molar-refractivity contribution < 1.29 is 4.79 Å². The molecule has 1 aromatic rings. The Kier molecular flexibility index (Phi) is 4.65. The average Bonchev–Trinajstić information content (AvgIpc) is 3.22. The summed E-state index contributed by atoms with van der Waals surface area (Å²) >= 11 is 5.81. The summed E-state index contributed by atoms with van der Waals surface area (Å²) in [5, 5.41) is 0. The normalized spacial score (nSPS) is 16.3. The van der Waals surface area contributed by atoms with Crippen LogP contribution in [-0.2, 0) is 4.79 Å². The largest absolute Gasteiger partial charge is 0.338 e. The molecule has 0 aromatic heterocycles. The minimum atomic E-state index is -0.0185. The number of hydrogen-bond acceptors (Lipinski definition) is 1. The van der Waals surface area contributed by atoms with Gasteiger partial charge in [0, 0.05) is 18.5 Å². The lowest BCUT2D eigenvalue weighted by atomic mass is 9.95. The van der Waals surface area contributed by atoms with E-state index in [-0.39, 0.29) is 11.8 Å². The van der Waals surface area contributed by atoms with Crippen LogP contribution in [0.2, 0.25) is 0 Å². The van der Waals surface area contributed by atoms with Crippen LogP contribution in [-0.4, -0.2) is 29.3 Å². The molecule has 2 rings (SSSR count). The molecule has 1 amide bonds. The summed E-state index contributed by atoms with van der Waals surface area (Å²) < 4.78 is 0. The standard InChI is InChI=1S/C15H20ClNO/c1-2-14(12-6-4-3-5-7-12)15(18)17(11-10-16)13-8-9-13/h3-7,13-14H,2,8-11H2,1H3. The van der Waals surface area contributed by atoms with E-state index >= 15 is 0 Å². The van der Waals surface area contributed by atoms with Crippen LogP contribution >= 0.6 is 11.6 Å². The van der Waals surface area contributed by atoms with Crippen molar-refractivity contribution in [2.75, 3.05) is 12.4 Å². The summed E-state index contributed by atoms with van der Waals surface area (Å²) in [7, 11) is 0. The zero-order valence-electron chi connectivity index (χ0n) is 10.8. The molecule has 98 valence electrons. The molecule has 1 aromatic carbocycles. The molecular formula is C15H20ClNO. The molecule has 2 nitrogen and oxygen atoms in total. The Hall–Kier alpha value is -1.02. The number of alkyl halides is 1. The molecule has 0 spiro atoms. The minimum absolute atomic E-state index is 0.0185. The molecule has 1 aliphatic carbocycles. The van der Waals surface area contributed by atoms with Gasteiger partial charge in [0.05, 0.1) is 5.92 Å². The number of carbonyl (C=O) groups excluding carboxylic acids is 1. The third-order valence-electron chi connectivity index (χ3n) is 3.50. The maximum Gasteiger partial charge on any atom is 0.230 e. The Morgan fingerprint density at radius 2 is 2.06 bits per heavy atom. The highest BCUT2D eigenvalue weighted by atomic mass is 35.5. The molecule has 1 saturated carbocycles. The Labute approximate surface area is 114 Å². The second-order valence-electron chi connectivity index (χ2n) is 4.82. The third-order valence-corrected chi connectivity index (χ3v) is 3.67. The highest BCUT2D eigenvalue weighted by Crippen LogP contribution is 2.31. The highest BCUT2D eigenvalue weighted by molar-refractivity contribution is 6.18. The van der Waals surface area contributed by atoms with E-state index in [2.05, 4.69) is 6.92 Å². The van der Waals surface area contributed by atoms with Crippen molar-refractivity contribution in [2.45, 2.75) is 38.1 Å². The minimum Gasteiger partial charge on any atom is -0.338 e. The monoisotopic (exact) mass is 265 g/mol. The van der Waals surface area contributed by atoms with Gasteiger partial charge in [-0.15, -0.1) is 11.6 Å². The number of nitrogens with zero attached hydrogens (tertiary/aromatic N) is 1. The van der Waals surface area contributed by atoms with Crippen LogP contribution in [0.1, 0.15) is 37.7 Å². The molecule has 3 heteroatoms. The van der Waals surface area contributed by atoms with Crippen LogP contribution in [0.3, 0.4) is 0 Å². The van der Waals surface area contributed by atoms with E-state index in [4.69, 9.17) is 11.6 Å². The number of carbonyl (C=O) groups is 1. The number of benzene rings is 1. The van der Waals surface area contributed by atoms with Crippen molar-refractivity contribution in [1.82, 2.24) is 4.90 Å². The van der Waals surface area contributed by atoms with Crippen molar-refractivity contribution in [2.24, 2.45) is 0 Å². The van der Waals surface area contributed by atoms with Gasteiger partial charge >= 0.3 is 0 Å². The molecule has 0 saturated heterocycles. The second-order valence-corrected chi connectivity index (χ2v) is 5.20. The fourth-order valence-corrected chi connectivity index (χ4v) is 2.57. The first-order chi connectivity index (χ1) is 8.77. The summed E-state index contributed by atoms with van der Waals surface area (Å²) in [6.07, 6.45) is 3.11. The molecule has 0 radical (unpaired) electrons. The van der Waals surface area contributed by atoms with E-state index in [0.29, 0.717) is 18.5 Å². The van der Waals surface area contributed by atoms with Crippen molar-refractivity contribution in [3.05, 3.63) is 35.9 Å². The van der Waals surface area contributed by atoms with Gasteiger partial charge in [-0.1, -0.05) is 37.3 Å². The second kappa shape index (κ2) is 6.24. The maximum absolute atomic E-state index is 12.6. The number of rotatable bonds is 6. The molecule has 0 bridgehead atoms. The topological polar surface area (TPSA) is 20.3 Å². The molecule has 1 atom stereocenters. The summed E-state index contributed by atoms with van der Waals surface area (Å²) in [4.78, 5) is 14.6. The number of amides is 1. The van der Waals surface area contributed by atoms with Crippen LogP contribution in [0.4, 0.5) is 0 Å². The van der Waals surface area contributed by atoms with Crippen LogP contribution in [0.15, 0.2) is 30.3 Å². The van der Waals surface area contributed by atoms with E-state index in [9.17, 15) is 4.79 Å². The summed E-state index contributed by atoms with van der Waals surface area (Å²) in [5.41, 5.74) is 1.12. The fourth-order valence-electron chi connectivity index (χ4n) is 2.39. The van der Waals surface area contributed by atoms with Gasteiger partial charge in [-0.05, 0) is 24.8 Å². The Morgan fingerprint density at radius 1 is 1.39 bits per heavy atom. The first-order valence-electron chi connectivity index (χ1n) is 6.69. The Bertz CT molecular complexity index is 389. The molecular weight excluding hydrogens is 246 g/mol. The van der Waals surface area contributed by atoms with Crippen LogP contribution in [0, 0.1) is 0 Å². The molecule has 1 aliphatic rings. The van der Waals surface area contributed by atoms with E-state index in [1.165, 1.54) is 0 Å². The predicted octanol–water partition coefficient (Wildman–Crippen LogP) is 3.41. The van der Waals surface area contributed by atoms with Gasteiger partial charge in [-0.25, -0.2) is 0 Å². The van der Waals surface area contributed by atoms with Gasteiger partial charge in [-0.3, -0.25) is 4.79 Å². The first kappa shape index (κ1) is 13.4. The molecule has 0 aliphatic heterocycles. The van der Waals surface area contributed by atoms with Gasteiger partial charge in [-0.2, -0.15) is 0 Å². The Balaban J connectivity index is 2.13. The van der Waals surface area contributed by atoms with Crippen molar-refractivity contribution in [1.29, 1.82) is 0 Å². The average molecular weight is 266 g/mol. The van der Waals surface area contributed by atoms with Gasteiger partial charge in [0.1, 0.15) is 0 Å². The quantitative estimate of drug-likeness (QED) is 0.722. The van der Waals surface area contributed by atoms with Gasteiger partial charge < -0.3 is 4.90 Å². The molecule has 0 heterocycles. The van der Waals surface area contributed by atoms with Gasteiger partial charge in [0.15, 0.2) is 0 Å². The van der Waals surface area contributed by atoms with E-state index in [1.807, 2.05) is 35.2 Å². The predicted molar refractivity (Wildman–Crippen MR) is 74.9 cm³/mol. The Morgan fingerprint density at radius 3 is 2.56 bits per heavy atom. The van der Waals surface area contributed by atoms with Crippen molar-refractivity contribution in [3.8, 4) is 0 Å².